The minimum atomic E-state index is -1.55. The fourth-order valence-corrected chi connectivity index (χ4v) is 6.75. The van der Waals surface area contributed by atoms with Gasteiger partial charge in [0.1, 0.15) is 8.07 Å². The molecule has 3 rings (SSSR count). The van der Waals surface area contributed by atoms with Gasteiger partial charge < -0.3 is 0 Å². The van der Waals surface area contributed by atoms with Gasteiger partial charge in [-0.3, -0.25) is 0 Å². The molecular weight excluding hydrogens is 292 g/mol. The molecule has 0 N–H and O–H groups in total. The van der Waals surface area contributed by atoms with Crippen molar-refractivity contribution in [3.8, 4) is 11.1 Å². The monoisotopic (exact) mass is 322 g/mol. The normalized spacial score (nSPS) is 16.2. The van der Waals surface area contributed by atoms with E-state index in [2.05, 4.69) is 91.0 Å². The molecule has 0 aromatic heterocycles. The highest BCUT2D eigenvalue weighted by atomic mass is 28.3. The molecule has 0 atom stereocenters. The predicted molar refractivity (Wildman–Crippen MR) is 106 cm³/mol. The van der Waals surface area contributed by atoms with E-state index in [0.29, 0.717) is 0 Å². The van der Waals surface area contributed by atoms with Crippen LogP contribution < -0.4 is 10.4 Å². The second kappa shape index (κ2) is 4.83. The first-order chi connectivity index (χ1) is 10.4. The zero-order valence-electron chi connectivity index (χ0n) is 16.0. The lowest BCUT2D eigenvalue weighted by atomic mass is 9.83. The van der Waals surface area contributed by atoms with Crippen LogP contribution in [-0.2, 0) is 10.8 Å². The van der Waals surface area contributed by atoms with Crippen molar-refractivity contribution in [2.75, 3.05) is 0 Å². The molecule has 0 radical (unpaired) electrons. The van der Waals surface area contributed by atoms with E-state index in [4.69, 9.17) is 0 Å². The molecule has 23 heavy (non-hydrogen) atoms. The van der Waals surface area contributed by atoms with Crippen LogP contribution in [0.1, 0.15) is 52.7 Å². The molecule has 2 aromatic rings. The third-order valence-corrected chi connectivity index (χ3v) is 8.97. The summed E-state index contributed by atoms with van der Waals surface area (Å²) in [6.07, 6.45) is 0. The molecule has 2 aromatic carbocycles. The number of benzene rings is 2. The molecule has 0 saturated heterocycles. The van der Waals surface area contributed by atoms with Crippen molar-refractivity contribution < 1.29 is 0 Å². The molecule has 0 saturated carbocycles. The summed E-state index contributed by atoms with van der Waals surface area (Å²) >= 11 is 0. The van der Waals surface area contributed by atoms with Crippen LogP contribution in [0.25, 0.3) is 11.1 Å². The summed E-state index contributed by atoms with van der Waals surface area (Å²) in [5.41, 5.74) is 6.27. The molecule has 0 aliphatic carbocycles. The summed E-state index contributed by atoms with van der Waals surface area (Å²) in [4.78, 5) is 0. The van der Waals surface area contributed by atoms with E-state index in [1.54, 1.807) is 10.4 Å². The Hall–Kier alpha value is -1.34. The van der Waals surface area contributed by atoms with Gasteiger partial charge in [0.25, 0.3) is 0 Å². The highest BCUT2D eigenvalue weighted by Crippen LogP contribution is 2.34. The third kappa shape index (κ3) is 2.59. The van der Waals surface area contributed by atoms with Gasteiger partial charge in [-0.15, -0.1) is 0 Å². The van der Waals surface area contributed by atoms with E-state index in [1.165, 1.54) is 22.3 Å². The topological polar surface area (TPSA) is 0 Å². The Bertz CT molecular complexity index is 702. The van der Waals surface area contributed by atoms with Crippen LogP contribution in [-0.4, -0.2) is 8.07 Å². The Morgan fingerprint density at radius 2 is 0.957 bits per heavy atom. The maximum absolute atomic E-state index is 2.49. The van der Waals surface area contributed by atoms with Crippen LogP contribution in [0.4, 0.5) is 0 Å². The zero-order valence-corrected chi connectivity index (χ0v) is 17.0. The Morgan fingerprint density at radius 3 is 1.26 bits per heavy atom. The predicted octanol–water partition coefficient (Wildman–Crippen LogP) is 5.08. The first-order valence-electron chi connectivity index (χ1n) is 8.73. The Balaban J connectivity index is 2.28. The van der Waals surface area contributed by atoms with Gasteiger partial charge in [-0.1, -0.05) is 91.0 Å². The second-order valence-electron chi connectivity index (χ2n) is 9.65. The minimum absolute atomic E-state index is 0.200. The van der Waals surface area contributed by atoms with Crippen molar-refractivity contribution in [1.82, 2.24) is 0 Å². The number of fused-ring (bicyclic) bond motifs is 3. The molecule has 1 heteroatoms. The molecule has 122 valence electrons. The lowest BCUT2D eigenvalue weighted by molar-refractivity contribution is 0.589. The lowest BCUT2D eigenvalue weighted by Gasteiger charge is -2.22. The standard InChI is InChI=1S/C22H30Si/c1-21(2,3)15-9-11-19-17(13-15)18-14-16(22(4,5)6)10-12-20(18)23(19,7)8/h9-14H,1-8H3. The van der Waals surface area contributed by atoms with Crippen LogP contribution >= 0.6 is 0 Å². The third-order valence-electron chi connectivity index (χ3n) is 5.41. The molecule has 1 aliphatic heterocycles. The summed E-state index contributed by atoms with van der Waals surface area (Å²) in [7, 11) is -1.55. The van der Waals surface area contributed by atoms with Gasteiger partial charge in [0.15, 0.2) is 0 Å². The van der Waals surface area contributed by atoms with Gasteiger partial charge in [0.05, 0.1) is 0 Å². The quantitative estimate of drug-likeness (QED) is 0.593. The van der Waals surface area contributed by atoms with Gasteiger partial charge in [-0.05, 0) is 43.5 Å². The molecule has 0 bridgehead atoms. The molecule has 0 unspecified atom stereocenters. The summed E-state index contributed by atoms with van der Waals surface area (Å²) in [5, 5.41) is 3.21. The largest absolute Gasteiger partial charge is 0.113 e. The van der Waals surface area contributed by atoms with Crippen LogP contribution in [0.5, 0.6) is 0 Å². The number of hydrogen-bond donors (Lipinski definition) is 0. The van der Waals surface area contributed by atoms with Crippen LogP contribution in [0.15, 0.2) is 36.4 Å². The molecule has 1 heterocycles. The van der Waals surface area contributed by atoms with E-state index in [-0.39, 0.29) is 10.8 Å². The Labute approximate surface area is 143 Å². The van der Waals surface area contributed by atoms with E-state index < -0.39 is 8.07 Å². The SMILES string of the molecule is CC(C)(C)c1ccc2c(c1)-c1cc(C(C)(C)C)ccc1[Si]2(C)C. The van der Waals surface area contributed by atoms with E-state index >= 15 is 0 Å². The van der Waals surface area contributed by atoms with Crippen LogP contribution in [0.3, 0.4) is 0 Å². The van der Waals surface area contributed by atoms with Crippen molar-refractivity contribution in [2.45, 2.75) is 65.5 Å². The van der Waals surface area contributed by atoms with Crippen molar-refractivity contribution in [1.29, 1.82) is 0 Å². The molecule has 0 spiro atoms. The molecule has 1 aliphatic rings. The van der Waals surface area contributed by atoms with Crippen molar-refractivity contribution in [3.63, 3.8) is 0 Å². The van der Waals surface area contributed by atoms with Gasteiger partial charge >= 0.3 is 0 Å². The van der Waals surface area contributed by atoms with Crippen LogP contribution in [0, 0.1) is 0 Å². The summed E-state index contributed by atoms with van der Waals surface area (Å²) in [6.45, 7) is 18.8. The van der Waals surface area contributed by atoms with Crippen molar-refractivity contribution in [2.24, 2.45) is 0 Å². The van der Waals surface area contributed by atoms with E-state index in [1.807, 2.05) is 0 Å². The zero-order chi connectivity index (χ0) is 17.2. The van der Waals surface area contributed by atoms with Gasteiger partial charge in [-0.2, -0.15) is 0 Å². The van der Waals surface area contributed by atoms with Gasteiger partial charge in [0, 0.05) is 0 Å². The first kappa shape index (κ1) is 16.5. The van der Waals surface area contributed by atoms with Crippen molar-refractivity contribution in [3.05, 3.63) is 47.5 Å². The van der Waals surface area contributed by atoms with E-state index in [0.717, 1.165) is 0 Å². The fourth-order valence-electron chi connectivity index (χ4n) is 3.70. The summed E-state index contributed by atoms with van der Waals surface area (Å²) < 4.78 is 0. The maximum atomic E-state index is 2.49. The molecule has 0 nitrogen and oxygen atoms in total. The highest BCUT2D eigenvalue weighted by Gasteiger charge is 2.38. The van der Waals surface area contributed by atoms with E-state index in [9.17, 15) is 0 Å². The van der Waals surface area contributed by atoms with Gasteiger partial charge in [-0.25, -0.2) is 0 Å². The first-order valence-corrected chi connectivity index (χ1v) is 11.7. The average molecular weight is 323 g/mol. The fraction of sp³-hybridized carbons (Fsp3) is 0.455. The number of hydrogen-bond acceptors (Lipinski definition) is 0. The summed E-state index contributed by atoms with van der Waals surface area (Å²) in [6, 6.07) is 14.5. The van der Waals surface area contributed by atoms with Crippen molar-refractivity contribution >= 4 is 18.4 Å². The average Bonchev–Trinajstić information content (AvgIpc) is 2.65. The molecule has 0 fully saturated rings. The Morgan fingerprint density at radius 1 is 0.609 bits per heavy atom. The minimum Gasteiger partial charge on any atom is -0.0617 e. The highest BCUT2D eigenvalue weighted by molar-refractivity contribution is 7.03. The van der Waals surface area contributed by atoms with Gasteiger partial charge in [0.2, 0.25) is 0 Å². The number of rotatable bonds is 0. The smallest absolute Gasteiger partial charge is 0.0617 e. The van der Waals surface area contributed by atoms with Crippen LogP contribution in [0.2, 0.25) is 13.1 Å². The summed E-state index contributed by atoms with van der Waals surface area (Å²) in [5.74, 6) is 0. The lowest BCUT2D eigenvalue weighted by Crippen LogP contribution is -2.49. The Kier molecular flexibility index (Phi) is 3.47. The second-order valence-corrected chi connectivity index (χ2v) is 14.0. The molecular formula is C22H30Si. The maximum Gasteiger partial charge on any atom is 0.113 e. The molecule has 0 amide bonds.